The zero-order valence-electron chi connectivity index (χ0n) is 11.2. The maximum absolute atomic E-state index is 12.6. The topological polar surface area (TPSA) is 59.2 Å². The normalized spacial score (nSPS) is 26.4. The summed E-state index contributed by atoms with van der Waals surface area (Å²) in [5, 5.41) is 0. The van der Waals surface area contributed by atoms with Crippen molar-refractivity contribution in [3.63, 3.8) is 0 Å². The molecule has 1 aromatic rings. The highest BCUT2D eigenvalue weighted by Gasteiger charge is 2.38. The van der Waals surface area contributed by atoms with Crippen LogP contribution in [0.15, 0.2) is 24.5 Å². The molecule has 1 amide bonds. The van der Waals surface area contributed by atoms with E-state index >= 15 is 0 Å². The summed E-state index contributed by atoms with van der Waals surface area (Å²) in [7, 11) is 0. The quantitative estimate of drug-likeness (QED) is 0.895. The van der Waals surface area contributed by atoms with Crippen LogP contribution in [0.25, 0.3) is 0 Å². The van der Waals surface area contributed by atoms with Crippen LogP contribution < -0.4 is 5.73 Å². The summed E-state index contributed by atoms with van der Waals surface area (Å²) in [4.78, 5) is 18.8. The van der Waals surface area contributed by atoms with Crippen LogP contribution in [0, 0.1) is 5.92 Å². The smallest absolute Gasteiger partial charge is 0.226 e. The van der Waals surface area contributed by atoms with Crippen molar-refractivity contribution in [2.45, 2.75) is 50.7 Å². The first-order chi connectivity index (χ1) is 9.24. The Hall–Kier alpha value is -1.42. The summed E-state index contributed by atoms with van der Waals surface area (Å²) in [6.45, 7) is 0.697. The molecule has 2 unspecified atom stereocenters. The molecule has 2 fully saturated rings. The third-order valence-electron chi connectivity index (χ3n) is 4.17. The Bertz CT molecular complexity index is 444. The molecule has 2 saturated carbocycles. The lowest BCUT2D eigenvalue weighted by Gasteiger charge is -2.25. The number of hydrogen-bond donors (Lipinski definition) is 1. The second-order valence-electron chi connectivity index (χ2n) is 5.83. The molecule has 2 aliphatic carbocycles. The van der Waals surface area contributed by atoms with Gasteiger partial charge < -0.3 is 10.6 Å². The molecule has 2 aliphatic rings. The number of amides is 1. The predicted molar refractivity (Wildman–Crippen MR) is 73.1 cm³/mol. The predicted octanol–water partition coefficient (Wildman–Crippen LogP) is 1.70. The standard InChI is InChI=1S/C15H21N3O/c16-13-4-3-12(8-13)15(19)18(14-5-6-14)10-11-2-1-7-17-9-11/h1-2,7,9,12-14H,3-6,8,10,16H2. The molecule has 0 aromatic carbocycles. The summed E-state index contributed by atoms with van der Waals surface area (Å²) in [5.41, 5.74) is 7.04. The van der Waals surface area contributed by atoms with Gasteiger partial charge in [0.15, 0.2) is 0 Å². The van der Waals surface area contributed by atoms with Crippen LogP contribution in [-0.4, -0.2) is 27.9 Å². The number of aromatic nitrogens is 1. The van der Waals surface area contributed by atoms with E-state index in [1.54, 1.807) is 6.20 Å². The van der Waals surface area contributed by atoms with E-state index in [1.165, 1.54) is 0 Å². The highest BCUT2D eigenvalue weighted by Crippen LogP contribution is 2.33. The molecule has 2 N–H and O–H groups in total. The van der Waals surface area contributed by atoms with Crippen LogP contribution in [0.1, 0.15) is 37.7 Å². The minimum Gasteiger partial charge on any atom is -0.335 e. The number of hydrogen-bond acceptors (Lipinski definition) is 3. The van der Waals surface area contributed by atoms with Gasteiger partial charge in [0.25, 0.3) is 0 Å². The van der Waals surface area contributed by atoms with E-state index in [0.717, 1.165) is 37.7 Å². The SMILES string of the molecule is NC1CCC(C(=O)N(Cc2cccnc2)C2CC2)C1. The maximum atomic E-state index is 12.6. The van der Waals surface area contributed by atoms with Crippen LogP contribution in [0.4, 0.5) is 0 Å². The molecule has 4 nitrogen and oxygen atoms in total. The fraction of sp³-hybridized carbons (Fsp3) is 0.600. The van der Waals surface area contributed by atoms with Gasteiger partial charge in [-0.3, -0.25) is 9.78 Å². The van der Waals surface area contributed by atoms with E-state index in [9.17, 15) is 4.79 Å². The van der Waals surface area contributed by atoms with Crippen molar-refractivity contribution in [3.05, 3.63) is 30.1 Å². The summed E-state index contributed by atoms with van der Waals surface area (Å²) >= 11 is 0. The minimum absolute atomic E-state index is 0.146. The molecule has 102 valence electrons. The van der Waals surface area contributed by atoms with Gasteiger partial charge in [0.1, 0.15) is 0 Å². The fourth-order valence-electron chi connectivity index (χ4n) is 2.94. The number of pyridine rings is 1. The van der Waals surface area contributed by atoms with E-state index in [0.29, 0.717) is 18.5 Å². The maximum Gasteiger partial charge on any atom is 0.226 e. The van der Waals surface area contributed by atoms with Gasteiger partial charge >= 0.3 is 0 Å². The van der Waals surface area contributed by atoms with Gasteiger partial charge in [0.05, 0.1) is 0 Å². The molecule has 2 atom stereocenters. The minimum atomic E-state index is 0.146. The number of carbonyl (C=O) groups is 1. The highest BCUT2D eigenvalue weighted by molar-refractivity contribution is 5.79. The first kappa shape index (κ1) is 12.6. The Kier molecular flexibility index (Phi) is 3.51. The van der Waals surface area contributed by atoms with E-state index in [2.05, 4.69) is 9.88 Å². The molecule has 4 heteroatoms. The van der Waals surface area contributed by atoms with Gasteiger partial charge in [0, 0.05) is 36.9 Å². The summed E-state index contributed by atoms with van der Waals surface area (Å²) in [6, 6.07) is 4.63. The molecule has 3 rings (SSSR count). The van der Waals surface area contributed by atoms with Gasteiger partial charge in [0.2, 0.25) is 5.91 Å². The van der Waals surface area contributed by atoms with Crippen LogP contribution in [-0.2, 0) is 11.3 Å². The van der Waals surface area contributed by atoms with Gasteiger partial charge in [-0.05, 0) is 43.7 Å². The van der Waals surface area contributed by atoms with E-state index in [4.69, 9.17) is 5.73 Å². The van der Waals surface area contributed by atoms with Crippen LogP contribution in [0.3, 0.4) is 0 Å². The van der Waals surface area contributed by atoms with Gasteiger partial charge in [-0.2, -0.15) is 0 Å². The van der Waals surface area contributed by atoms with E-state index in [1.807, 2.05) is 18.3 Å². The summed E-state index contributed by atoms with van der Waals surface area (Å²) in [6.07, 6.45) is 8.70. The molecular formula is C15H21N3O. The average Bonchev–Trinajstić information content (AvgIpc) is 3.18. The molecule has 0 aliphatic heterocycles. The van der Waals surface area contributed by atoms with Gasteiger partial charge in [-0.15, -0.1) is 0 Å². The van der Waals surface area contributed by atoms with Crippen molar-refractivity contribution < 1.29 is 4.79 Å². The average molecular weight is 259 g/mol. The fourth-order valence-corrected chi connectivity index (χ4v) is 2.94. The Morgan fingerprint density at radius 2 is 2.21 bits per heavy atom. The third-order valence-corrected chi connectivity index (χ3v) is 4.17. The molecule has 0 saturated heterocycles. The summed E-state index contributed by atoms with van der Waals surface area (Å²) in [5.74, 6) is 0.451. The van der Waals surface area contributed by atoms with Crippen molar-refractivity contribution in [2.75, 3.05) is 0 Å². The van der Waals surface area contributed by atoms with Crippen molar-refractivity contribution in [3.8, 4) is 0 Å². The highest BCUT2D eigenvalue weighted by atomic mass is 16.2. The molecular weight excluding hydrogens is 238 g/mol. The molecule has 1 heterocycles. The summed E-state index contributed by atoms with van der Waals surface area (Å²) < 4.78 is 0. The number of carbonyl (C=O) groups excluding carboxylic acids is 1. The molecule has 19 heavy (non-hydrogen) atoms. The third kappa shape index (κ3) is 2.95. The lowest BCUT2D eigenvalue weighted by atomic mass is 10.1. The first-order valence-electron chi connectivity index (χ1n) is 7.19. The Morgan fingerprint density at radius 1 is 1.37 bits per heavy atom. The second-order valence-corrected chi connectivity index (χ2v) is 5.83. The molecule has 1 aromatic heterocycles. The zero-order chi connectivity index (χ0) is 13.2. The second kappa shape index (κ2) is 5.29. The van der Waals surface area contributed by atoms with Crippen molar-refractivity contribution in [1.29, 1.82) is 0 Å². The zero-order valence-corrected chi connectivity index (χ0v) is 11.2. The number of nitrogens with two attached hydrogens (primary N) is 1. The lowest BCUT2D eigenvalue weighted by Crippen LogP contribution is -2.37. The Morgan fingerprint density at radius 3 is 2.79 bits per heavy atom. The van der Waals surface area contributed by atoms with Crippen molar-refractivity contribution >= 4 is 5.91 Å². The monoisotopic (exact) mass is 259 g/mol. The van der Waals surface area contributed by atoms with Crippen molar-refractivity contribution in [1.82, 2.24) is 9.88 Å². The number of nitrogens with zero attached hydrogens (tertiary/aromatic N) is 2. The first-order valence-corrected chi connectivity index (χ1v) is 7.19. The number of rotatable bonds is 4. The molecule has 0 spiro atoms. The molecule has 0 bridgehead atoms. The van der Waals surface area contributed by atoms with Gasteiger partial charge in [-0.25, -0.2) is 0 Å². The largest absolute Gasteiger partial charge is 0.335 e. The van der Waals surface area contributed by atoms with Gasteiger partial charge in [-0.1, -0.05) is 6.07 Å². The van der Waals surface area contributed by atoms with Crippen LogP contribution in [0.5, 0.6) is 0 Å². The van der Waals surface area contributed by atoms with Crippen LogP contribution >= 0.6 is 0 Å². The Balaban J connectivity index is 1.69. The van der Waals surface area contributed by atoms with E-state index < -0.39 is 0 Å². The van der Waals surface area contributed by atoms with Crippen LogP contribution in [0.2, 0.25) is 0 Å². The lowest BCUT2D eigenvalue weighted by molar-refractivity contribution is -0.136. The van der Waals surface area contributed by atoms with E-state index in [-0.39, 0.29) is 12.0 Å². The molecule has 0 radical (unpaired) electrons. The Labute approximate surface area is 114 Å². The van der Waals surface area contributed by atoms with Crippen molar-refractivity contribution in [2.24, 2.45) is 11.7 Å².